The quantitative estimate of drug-likeness (QED) is 0.844. The first-order chi connectivity index (χ1) is 9.49. The summed E-state index contributed by atoms with van der Waals surface area (Å²) >= 11 is 3.34. The number of rotatable bonds is 4. The van der Waals surface area contributed by atoms with Crippen LogP contribution in [0.25, 0.3) is 0 Å². The van der Waals surface area contributed by atoms with Crippen LogP contribution in [0.3, 0.4) is 0 Å². The van der Waals surface area contributed by atoms with Gasteiger partial charge in [0.15, 0.2) is 0 Å². The van der Waals surface area contributed by atoms with Crippen molar-refractivity contribution in [3.05, 3.63) is 28.2 Å². The van der Waals surface area contributed by atoms with Crippen LogP contribution in [-0.4, -0.2) is 54.6 Å². The fourth-order valence-electron chi connectivity index (χ4n) is 2.36. The Bertz CT molecular complexity index is 528. The van der Waals surface area contributed by atoms with Gasteiger partial charge < -0.3 is 15.7 Å². The van der Waals surface area contributed by atoms with Gasteiger partial charge >= 0.3 is 5.97 Å². The molecule has 3 N–H and O–H groups in total. The average molecular weight is 342 g/mol. The zero-order valence-corrected chi connectivity index (χ0v) is 12.5. The summed E-state index contributed by atoms with van der Waals surface area (Å²) < 4.78 is 0.676. The van der Waals surface area contributed by atoms with Gasteiger partial charge in [-0.2, -0.15) is 0 Å². The monoisotopic (exact) mass is 341 g/mol. The van der Waals surface area contributed by atoms with Crippen molar-refractivity contribution in [1.29, 1.82) is 0 Å². The minimum atomic E-state index is -0.821. The number of hydrogen-bond acceptors (Lipinski definition) is 4. The molecule has 1 saturated heterocycles. The minimum absolute atomic E-state index is 0.0506. The standard InChI is InChI=1S/C13H16BrN3O3/c14-9-2-1-3-10(12(9)13(15)20)17-6-4-16(5-7-17)8-11(18)19/h1-3H,4-8H2,(H2,15,20)(H,18,19). The molecule has 1 aliphatic heterocycles. The number of nitrogens with two attached hydrogens (primary N) is 1. The molecule has 0 aromatic heterocycles. The van der Waals surface area contributed by atoms with E-state index in [2.05, 4.69) is 20.8 Å². The number of halogens is 1. The van der Waals surface area contributed by atoms with Gasteiger partial charge in [-0.3, -0.25) is 14.5 Å². The number of carboxylic acids is 1. The molecule has 0 radical (unpaired) electrons. The van der Waals surface area contributed by atoms with Crippen LogP contribution in [0.1, 0.15) is 10.4 Å². The highest BCUT2D eigenvalue weighted by atomic mass is 79.9. The molecule has 2 rings (SSSR count). The van der Waals surface area contributed by atoms with Gasteiger partial charge in [0.2, 0.25) is 0 Å². The maximum absolute atomic E-state index is 11.6. The smallest absolute Gasteiger partial charge is 0.317 e. The molecular weight excluding hydrogens is 326 g/mol. The molecule has 7 heteroatoms. The zero-order chi connectivity index (χ0) is 14.7. The van der Waals surface area contributed by atoms with Gasteiger partial charge in [0.1, 0.15) is 0 Å². The highest BCUT2D eigenvalue weighted by molar-refractivity contribution is 9.10. The third kappa shape index (κ3) is 3.29. The summed E-state index contributed by atoms with van der Waals surface area (Å²) in [6.07, 6.45) is 0. The molecular formula is C13H16BrN3O3. The first kappa shape index (κ1) is 14.8. The largest absolute Gasteiger partial charge is 0.480 e. The second kappa shape index (κ2) is 6.23. The molecule has 0 saturated carbocycles. The fraction of sp³-hybridized carbons (Fsp3) is 0.385. The number of nitrogens with zero attached hydrogens (tertiary/aromatic N) is 2. The molecule has 1 fully saturated rings. The number of piperazine rings is 1. The molecule has 108 valence electrons. The van der Waals surface area contributed by atoms with Gasteiger partial charge in [-0.05, 0) is 28.1 Å². The first-order valence-electron chi connectivity index (χ1n) is 6.26. The summed E-state index contributed by atoms with van der Waals surface area (Å²) in [5, 5.41) is 8.78. The molecule has 1 aromatic rings. The summed E-state index contributed by atoms with van der Waals surface area (Å²) in [6, 6.07) is 5.50. The Morgan fingerprint density at radius 3 is 2.45 bits per heavy atom. The van der Waals surface area contributed by atoms with Crippen molar-refractivity contribution in [2.45, 2.75) is 0 Å². The molecule has 0 unspecified atom stereocenters. The van der Waals surface area contributed by atoms with Crippen molar-refractivity contribution in [2.24, 2.45) is 5.73 Å². The van der Waals surface area contributed by atoms with Crippen LogP contribution in [-0.2, 0) is 4.79 Å². The molecule has 0 aliphatic carbocycles. The fourth-order valence-corrected chi connectivity index (χ4v) is 2.91. The van der Waals surface area contributed by atoms with Crippen molar-refractivity contribution >= 4 is 33.5 Å². The van der Waals surface area contributed by atoms with Crippen LogP contribution in [0, 0.1) is 0 Å². The molecule has 0 atom stereocenters. The van der Waals surface area contributed by atoms with E-state index in [0.717, 1.165) is 5.69 Å². The van der Waals surface area contributed by atoms with E-state index in [1.807, 2.05) is 17.0 Å². The van der Waals surface area contributed by atoms with Crippen LogP contribution in [0.4, 0.5) is 5.69 Å². The number of carboxylic acid groups (broad SMARTS) is 1. The number of anilines is 1. The van der Waals surface area contributed by atoms with E-state index < -0.39 is 11.9 Å². The van der Waals surface area contributed by atoms with E-state index in [1.165, 1.54) is 0 Å². The Morgan fingerprint density at radius 2 is 1.90 bits per heavy atom. The number of amides is 1. The molecule has 20 heavy (non-hydrogen) atoms. The van der Waals surface area contributed by atoms with E-state index in [0.29, 0.717) is 36.2 Å². The van der Waals surface area contributed by atoms with Crippen LogP contribution >= 0.6 is 15.9 Å². The number of carbonyl (C=O) groups is 2. The second-order valence-electron chi connectivity index (χ2n) is 4.66. The summed E-state index contributed by atoms with van der Waals surface area (Å²) in [5.74, 6) is -1.29. The average Bonchev–Trinajstić information content (AvgIpc) is 2.38. The highest BCUT2D eigenvalue weighted by Crippen LogP contribution is 2.28. The maximum atomic E-state index is 11.6. The molecule has 1 heterocycles. The van der Waals surface area contributed by atoms with Gasteiger partial charge in [0.25, 0.3) is 5.91 Å². The predicted molar refractivity (Wildman–Crippen MR) is 78.9 cm³/mol. The number of benzene rings is 1. The predicted octanol–water partition coefficient (Wildman–Crippen LogP) is 0.755. The summed E-state index contributed by atoms with van der Waals surface area (Å²) in [5.41, 5.74) is 6.70. The van der Waals surface area contributed by atoms with Gasteiger partial charge in [-0.15, -0.1) is 0 Å². The van der Waals surface area contributed by atoms with Crippen LogP contribution in [0.5, 0.6) is 0 Å². The maximum Gasteiger partial charge on any atom is 0.317 e. The number of aliphatic carboxylic acids is 1. The lowest BCUT2D eigenvalue weighted by atomic mass is 10.1. The zero-order valence-electron chi connectivity index (χ0n) is 10.9. The van der Waals surface area contributed by atoms with E-state index in [4.69, 9.17) is 10.8 Å². The Morgan fingerprint density at radius 1 is 1.25 bits per heavy atom. The number of carbonyl (C=O) groups excluding carboxylic acids is 1. The van der Waals surface area contributed by atoms with E-state index in [1.54, 1.807) is 6.07 Å². The Hall–Kier alpha value is -1.60. The van der Waals surface area contributed by atoms with Crippen molar-refractivity contribution in [1.82, 2.24) is 4.90 Å². The lowest BCUT2D eigenvalue weighted by molar-refractivity contribution is -0.138. The minimum Gasteiger partial charge on any atom is -0.480 e. The first-order valence-corrected chi connectivity index (χ1v) is 7.05. The molecule has 0 spiro atoms. The number of primary amides is 1. The summed E-state index contributed by atoms with van der Waals surface area (Å²) in [7, 11) is 0. The van der Waals surface area contributed by atoms with E-state index in [9.17, 15) is 9.59 Å². The lowest BCUT2D eigenvalue weighted by Gasteiger charge is -2.36. The Balaban J connectivity index is 2.13. The van der Waals surface area contributed by atoms with Crippen LogP contribution in [0.15, 0.2) is 22.7 Å². The van der Waals surface area contributed by atoms with E-state index >= 15 is 0 Å². The van der Waals surface area contributed by atoms with Gasteiger partial charge in [0, 0.05) is 30.7 Å². The van der Waals surface area contributed by atoms with Crippen LogP contribution in [0.2, 0.25) is 0 Å². The topological polar surface area (TPSA) is 86.9 Å². The Labute approximate surface area is 125 Å². The number of hydrogen-bond donors (Lipinski definition) is 2. The van der Waals surface area contributed by atoms with Crippen molar-refractivity contribution in [2.75, 3.05) is 37.6 Å². The summed E-state index contributed by atoms with van der Waals surface area (Å²) in [4.78, 5) is 26.2. The van der Waals surface area contributed by atoms with Crippen molar-refractivity contribution < 1.29 is 14.7 Å². The third-order valence-corrected chi connectivity index (χ3v) is 3.97. The molecule has 0 bridgehead atoms. The van der Waals surface area contributed by atoms with Crippen molar-refractivity contribution in [3.63, 3.8) is 0 Å². The highest BCUT2D eigenvalue weighted by Gasteiger charge is 2.22. The second-order valence-corrected chi connectivity index (χ2v) is 5.51. The summed E-state index contributed by atoms with van der Waals surface area (Å²) in [6.45, 7) is 2.69. The molecule has 1 aliphatic rings. The van der Waals surface area contributed by atoms with Gasteiger partial charge in [0.05, 0.1) is 17.8 Å². The SMILES string of the molecule is NC(=O)c1c(Br)cccc1N1CCN(CC(=O)O)CC1. The Kier molecular flexibility index (Phi) is 4.61. The lowest BCUT2D eigenvalue weighted by Crippen LogP contribution is -2.48. The van der Waals surface area contributed by atoms with E-state index in [-0.39, 0.29) is 6.54 Å². The molecule has 6 nitrogen and oxygen atoms in total. The molecule has 1 amide bonds. The van der Waals surface area contributed by atoms with Crippen molar-refractivity contribution in [3.8, 4) is 0 Å². The normalized spacial score (nSPS) is 16.1. The van der Waals surface area contributed by atoms with Crippen LogP contribution < -0.4 is 10.6 Å². The van der Waals surface area contributed by atoms with Gasteiger partial charge in [-0.1, -0.05) is 6.07 Å². The molecule has 1 aromatic carbocycles. The third-order valence-electron chi connectivity index (χ3n) is 3.31. The van der Waals surface area contributed by atoms with Gasteiger partial charge in [-0.25, -0.2) is 0 Å².